The lowest BCUT2D eigenvalue weighted by molar-refractivity contribution is 0.271. The third kappa shape index (κ3) is 2.50. The van der Waals surface area contributed by atoms with E-state index in [0.717, 1.165) is 0 Å². The number of aromatic nitrogens is 4. The van der Waals surface area contributed by atoms with Crippen molar-refractivity contribution >= 4 is 22.8 Å². The zero-order valence-electron chi connectivity index (χ0n) is 9.67. The van der Waals surface area contributed by atoms with Gasteiger partial charge in [0.1, 0.15) is 5.39 Å². The summed E-state index contributed by atoms with van der Waals surface area (Å²) in [5, 5.41) is 14.3. The molecule has 0 saturated carbocycles. The number of aromatic amines is 1. The van der Waals surface area contributed by atoms with Crippen LogP contribution in [0.1, 0.15) is 13.8 Å². The molecular weight excluding hydrogens is 240 g/mol. The molecule has 2 rings (SSSR count). The van der Waals surface area contributed by atoms with Gasteiger partial charge in [0.15, 0.2) is 10.8 Å². The molecule has 92 valence electrons. The normalized spacial score (nSPS) is 11.5. The molecule has 2 aromatic heterocycles. The molecule has 0 aliphatic carbocycles. The molecule has 17 heavy (non-hydrogen) atoms. The number of nitrogens with zero attached hydrogens (tertiary/aromatic N) is 3. The summed E-state index contributed by atoms with van der Waals surface area (Å²) < 4.78 is 1.54. The summed E-state index contributed by atoms with van der Waals surface area (Å²) in [4.78, 5) is 18.8. The van der Waals surface area contributed by atoms with Crippen LogP contribution < -0.4 is 5.56 Å². The number of fused-ring (bicyclic) bond motifs is 1. The highest BCUT2D eigenvalue weighted by Crippen LogP contribution is 2.19. The van der Waals surface area contributed by atoms with E-state index in [1.807, 2.05) is 13.8 Å². The minimum absolute atomic E-state index is 0.0298. The minimum atomic E-state index is -0.192. The van der Waals surface area contributed by atoms with Gasteiger partial charge in [0.2, 0.25) is 0 Å². The van der Waals surface area contributed by atoms with Gasteiger partial charge in [-0.1, -0.05) is 25.6 Å². The molecule has 0 saturated heterocycles. The first kappa shape index (κ1) is 12.1. The first-order valence-electron chi connectivity index (χ1n) is 5.35. The number of rotatable bonds is 4. The third-order valence-corrected chi connectivity index (χ3v) is 3.03. The molecule has 0 fully saturated rings. The molecule has 2 N–H and O–H groups in total. The van der Waals surface area contributed by atoms with Crippen LogP contribution in [0, 0.1) is 0 Å². The fourth-order valence-electron chi connectivity index (χ4n) is 1.48. The van der Waals surface area contributed by atoms with Gasteiger partial charge in [0.05, 0.1) is 19.3 Å². The number of aliphatic hydroxyl groups excluding tert-OH is 1. The number of hydrogen-bond acceptors (Lipinski definition) is 5. The summed E-state index contributed by atoms with van der Waals surface area (Å²) in [5.74, 6) is 0. The predicted molar refractivity (Wildman–Crippen MR) is 66.2 cm³/mol. The Labute approximate surface area is 102 Å². The number of thioether (sulfide) groups is 1. The number of nitrogens with one attached hydrogen (secondary N) is 1. The van der Waals surface area contributed by atoms with Gasteiger partial charge in [-0.25, -0.2) is 9.67 Å². The topological polar surface area (TPSA) is 83.8 Å². The Hall–Kier alpha value is -1.34. The van der Waals surface area contributed by atoms with Crippen LogP contribution in [0.4, 0.5) is 0 Å². The Morgan fingerprint density at radius 1 is 1.59 bits per heavy atom. The molecular formula is C10H14N4O2S. The second-order valence-corrected chi connectivity index (χ2v) is 5.43. The summed E-state index contributed by atoms with van der Waals surface area (Å²) in [6, 6.07) is 0. The SMILES string of the molecule is CC(C)Sc1nc2c(cnn2CCO)c(=O)[nH]1. The van der Waals surface area contributed by atoms with Crippen molar-refractivity contribution in [3.63, 3.8) is 0 Å². The Kier molecular flexibility index (Phi) is 3.49. The van der Waals surface area contributed by atoms with Crippen molar-refractivity contribution in [1.29, 1.82) is 0 Å². The van der Waals surface area contributed by atoms with Gasteiger partial charge < -0.3 is 10.1 Å². The monoisotopic (exact) mass is 254 g/mol. The van der Waals surface area contributed by atoms with E-state index in [1.165, 1.54) is 22.6 Å². The van der Waals surface area contributed by atoms with Gasteiger partial charge in [-0.05, 0) is 0 Å². The van der Waals surface area contributed by atoms with Gasteiger partial charge >= 0.3 is 0 Å². The summed E-state index contributed by atoms with van der Waals surface area (Å²) in [7, 11) is 0. The second kappa shape index (κ2) is 4.89. The zero-order chi connectivity index (χ0) is 12.4. The van der Waals surface area contributed by atoms with Crippen molar-refractivity contribution in [2.75, 3.05) is 6.61 Å². The van der Waals surface area contributed by atoms with E-state index in [1.54, 1.807) is 0 Å². The van der Waals surface area contributed by atoms with Crippen LogP contribution in [0.3, 0.4) is 0 Å². The fourth-order valence-corrected chi connectivity index (χ4v) is 2.22. The zero-order valence-corrected chi connectivity index (χ0v) is 10.5. The maximum atomic E-state index is 11.8. The lowest BCUT2D eigenvalue weighted by atomic mass is 10.4. The fraction of sp³-hybridized carbons (Fsp3) is 0.500. The van der Waals surface area contributed by atoms with Crippen LogP contribution in [0.2, 0.25) is 0 Å². The second-order valence-electron chi connectivity index (χ2n) is 3.87. The van der Waals surface area contributed by atoms with E-state index >= 15 is 0 Å². The molecule has 0 spiro atoms. The van der Waals surface area contributed by atoms with E-state index in [4.69, 9.17) is 5.11 Å². The molecule has 2 heterocycles. The molecule has 7 heteroatoms. The summed E-state index contributed by atoms with van der Waals surface area (Å²) in [5.41, 5.74) is 0.327. The van der Waals surface area contributed by atoms with Gasteiger partial charge in [-0.3, -0.25) is 4.79 Å². The summed E-state index contributed by atoms with van der Waals surface area (Å²) in [6.07, 6.45) is 1.47. The highest BCUT2D eigenvalue weighted by atomic mass is 32.2. The maximum absolute atomic E-state index is 11.8. The standard InChI is InChI=1S/C10H14N4O2S/c1-6(2)17-10-12-8-7(9(16)13-10)5-11-14(8)3-4-15/h5-6,15H,3-4H2,1-2H3,(H,12,13,16). The van der Waals surface area contributed by atoms with Gasteiger partial charge in [-0.2, -0.15) is 5.10 Å². The number of aliphatic hydroxyl groups is 1. The van der Waals surface area contributed by atoms with Gasteiger partial charge in [0.25, 0.3) is 5.56 Å². The molecule has 0 unspecified atom stereocenters. The van der Waals surface area contributed by atoms with Crippen LogP contribution in [-0.2, 0) is 6.54 Å². The molecule has 6 nitrogen and oxygen atoms in total. The van der Waals surface area contributed by atoms with Crippen molar-refractivity contribution < 1.29 is 5.11 Å². The van der Waals surface area contributed by atoms with Crippen molar-refractivity contribution in [1.82, 2.24) is 19.7 Å². The Bertz CT molecular complexity index is 575. The molecule has 0 aromatic carbocycles. The molecule has 0 amide bonds. The minimum Gasteiger partial charge on any atom is -0.394 e. The molecule has 2 aromatic rings. The predicted octanol–water partition coefficient (Wildman–Crippen LogP) is 0.612. The van der Waals surface area contributed by atoms with E-state index in [0.29, 0.717) is 28.0 Å². The van der Waals surface area contributed by atoms with E-state index < -0.39 is 0 Å². The maximum Gasteiger partial charge on any atom is 0.262 e. The van der Waals surface area contributed by atoms with Crippen LogP contribution >= 0.6 is 11.8 Å². The molecule has 0 aliphatic rings. The third-order valence-electron chi connectivity index (χ3n) is 2.14. The molecule has 0 radical (unpaired) electrons. The average molecular weight is 254 g/mol. The average Bonchev–Trinajstić information content (AvgIpc) is 2.62. The number of hydrogen-bond donors (Lipinski definition) is 2. The molecule has 0 aliphatic heterocycles. The van der Waals surface area contributed by atoms with Gasteiger partial charge in [-0.15, -0.1) is 0 Å². The Morgan fingerprint density at radius 3 is 3.00 bits per heavy atom. The summed E-state index contributed by atoms with van der Waals surface area (Å²) >= 11 is 1.49. The number of H-pyrrole nitrogens is 1. The van der Waals surface area contributed by atoms with Crippen molar-refractivity contribution in [3.05, 3.63) is 16.6 Å². The lowest BCUT2D eigenvalue weighted by Gasteiger charge is -2.04. The molecule has 0 atom stereocenters. The van der Waals surface area contributed by atoms with Crippen molar-refractivity contribution in [2.24, 2.45) is 0 Å². The van der Waals surface area contributed by atoms with Crippen LogP contribution in [0.15, 0.2) is 16.1 Å². The smallest absolute Gasteiger partial charge is 0.262 e. The molecule has 0 bridgehead atoms. The van der Waals surface area contributed by atoms with Crippen LogP contribution in [-0.4, -0.2) is 36.7 Å². The Morgan fingerprint density at radius 2 is 2.35 bits per heavy atom. The summed E-state index contributed by atoms with van der Waals surface area (Å²) in [6.45, 7) is 4.36. The van der Waals surface area contributed by atoms with Crippen molar-refractivity contribution in [3.8, 4) is 0 Å². The van der Waals surface area contributed by atoms with Crippen LogP contribution in [0.5, 0.6) is 0 Å². The van der Waals surface area contributed by atoms with E-state index in [9.17, 15) is 4.79 Å². The largest absolute Gasteiger partial charge is 0.394 e. The Balaban J connectivity index is 2.52. The van der Waals surface area contributed by atoms with Crippen molar-refractivity contribution in [2.45, 2.75) is 30.8 Å². The van der Waals surface area contributed by atoms with E-state index in [2.05, 4.69) is 15.1 Å². The quantitative estimate of drug-likeness (QED) is 0.617. The highest BCUT2D eigenvalue weighted by Gasteiger charge is 2.10. The first-order valence-corrected chi connectivity index (χ1v) is 6.23. The van der Waals surface area contributed by atoms with E-state index in [-0.39, 0.29) is 12.2 Å². The lowest BCUT2D eigenvalue weighted by Crippen LogP contribution is -2.11. The van der Waals surface area contributed by atoms with Gasteiger partial charge in [0, 0.05) is 5.25 Å². The highest BCUT2D eigenvalue weighted by molar-refractivity contribution is 7.99. The first-order chi connectivity index (χ1) is 8.11. The van der Waals surface area contributed by atoms with Crippen LogP contribution in [0.25, 0.3) is 11.0 Å².